The first-order valence-electron chi connectivity index (χ1n) is 6.91. The van der Waals surface area contributed by atoms with E-state index in [1.54, 1.807) is 24.3 Å². The third-order valence-corrected chi connectivity index (χ3v) is 4.87. The highest BCUT2D eigenvalue weighted by Gasteiger charge is 2.25. The van der Waals surface area contributed by atoms with Crippen LogP contribution in [0.4, 0.5) is 11.4 Å². The molecule has 1 aromatic rings. The van der Waals surface area contributed by atoms with Gasteiger partial charge in [0.15, 0.2) is 0 Å². The van der Waals surface area contributed by atoms with Crippen LogP contribution in [0.2, 0.25) is 0 Å². The number of carbonyl (C=O) groups is 1. The van der Waals surface area contributed by atoms with E-state index >= 15 is 0 Å². The summed E-state index contributed by atoms with van der Waals surface area (Å²) in [5.74, 6) is 0.293. The Morgan fingerprint density at radius 3 is 2.30 bits per heavy atom. The van der Waals surface area contributed by atoms with Crippen molar-refractivity contribution in [3.8, 4) is 0 Å². The maximum absolute atomic E-state index is 11.8. The molecule has 0 aromatic heterocycles. The van der Waals surface area contributed by atoms with Gasteiger partial charge in [0.1, 0.15) is 0 Å². The summed E-state index contributed by atoms with van der Waals surface area (Å²) in [6, 6.07) is 6.73. The molecule has 0 spiro atoms. The predicted octanol–water partition coefficient (Wildman–Crippen LogP) is 2.58. The van der Waals surface area contributed by atoms with E-state index in [0.717, 1.165) is 19.3 Å². The second-order valence-electron chi connectivity index (χ2n) is 5.12. The fourth-order valence-electron chi connectivity index (χ4n) is 2.04. The number of anilines is 2. The Labute approximate surface area is 119 Å². The molecule has 20 heavy (non-hydrogen) atoms. The molecule has 2 N–H and O–H groups in total. The largest absolute Gasteiger partial charge is 0.326 e. The highest BCUT2D eigenvalue weighted by molar-refractivity contribution is 7.92. The zero-order valence-corrected chi connectivity index (χ0v) is 12.4. The highest BCUT2D eigenvalue weighted by Crippen LogP contribution is 2.27. The predicted molar refractivity (Wildman–Crippen MR) is 80.1 cm³/mol. The Bertz CT molecular complexity index is 563. The Hall–Kier alpha value is -1.56. The average molecular weight is 296 g/mol. The minimum Gasteiger partial charge on any atom is -0.326 e. The normalized spacial score (nSPS) is 15.4. The molecule has 1 saturated carbocycles. The molecule has 1 aliphatic rings. The van der Waals surface area contributed by atoms with Gasteiger partial charge in [0.2, 0.25) is 15.9 Å². The quantitative estimate of drug-likeness (QED) is 0.847. The molecule has 5 nitrogen and oxygen atoms in total. The van der Waals surface area contributed by atoms with Gasteiger partial charge in [-0.25, -0.2) is 8.42 Å². The van der Waals surface area contributed by atoms with Crippen LogP contribution in [-0.4, -0.2) is 20.1 Å². The molecule has 1 fully saturated rings. The van der Waals surface area contributed by atoms with E-state index in [2.05, 4.69) is 10.0 Å². The molecule has 0 aliphatic heterocycles. The van der Waals surface area contributed by atoms with Crippen molar-refractivity contribution in [2.45, 2.75) is 32.6 Å². The summed E-state index contributed by atoms with van der Waals surface area (Å²) in [7, 11) is -3.27. The molecule has 0 radical (unpaired) electrons. The summed E-state index contributed by atoms with van der Waals surface area (Å²) in [6.45, 7) is 1.82. The van der Waals surface area contributed by atoms with E-state index in [-0.39, 0.29) is 17.6 Å². The lowest BCUT2D eigenvalue weighted by Crippen LogP contribution is -2.28. The topological polar surface area (TPSA) is 75.3 Å². The van der Waals surface area contributed by atoms with Crippen LogP contribution in [0.25, 0.3) is 0 Å². The van der Waals surface area contributed by atoms with Crippen molar-refractivity contribution in [3.05, 3.63) is 24.3 Å². The summed E-state index contributed by atoms with van der Waals surface area (Å²) in [6.07, 6.45) is 3.61. The standard InChI is InChI=1S/C14H20N2O3S/c1-2-10-20(18,19)16-13-8-6-12(7-9-13)15-14(17)11-4-3-5-11/h6-9,11,16H,2-5,10H2,1H3,(H,15,17). The van der Waals surface area contributed by atoms with Crippen molar-refractivity contribution in [1.82, 2.24) is 0 Å². The van der Waals surface area contributed by atoms with Crippen LogP contribution < -0.4 is 10.0 Å². The molecule has 1 amide bonds. The van der Waals surface area contributed by atoms with Crippen LogP contribution in [0.3, 0.4) is 0 Å². The molecule has 6 heteroatoms. The van der Waals surface area contributed by atoms with Gasteiger partial charge in [0.05, 0.1) is 5.75 Å². The summed E-state index contributed by atoms with van der Waals surface area (Å²) in [4.78, 5) is 11.8. The minimum atomic E-state index is -3.27. The first kappa shape index (κ1) is 14.8. The van der Waals surface area contributed by atoms with Crippen molar-refractivity contribution in [2.75, 3.05) is 15.8 Å². The summed E-state index contributed by atoms with van der Waals surface area (Å²) in [5, 5.41) is 2.84. The molecule has 1 aromatic carbocycles. The van der Waals surface area contributed by atoms with Crippen LogP contribution in [0.15, 0.2) is 24.3 Å². The second kappa shape index (κ2) is 6.26. The van der Waals surface area contributed by atoms with Crippen molar-refractivity contribution < 1.29 is 13.2 Å². The lowest BCUT2D eigenvalue weighted by Gasteiger charge is -2.24. The van der Waals surface area contributed by atoms with Gasteiger partial charge in [0, 0.05) is 17.3 Å². The molecule has 0 bridgehead atoms. The molecular formula is C14H20N2O3S. The lowest BCUT2D eigenvalue weighted by atomic mass is 9.85. The smallest absolute Gasteiger partial charge is 0.232 e. The van der Waals surface area contributed by atoms with Gasteiger partial charge >= 0.3 is 0 Å². The molecular weight excluding hydrogens is 276 g/mol. The molecule has 1 aliphatic carbocycles. The number of amides is 1. The van der Waals surface area contributed by atoms with Crippen molar-refractivity contribution in [2.24, 2.45) is 5.92 Å². The average Bonchev–Trinajstić information content (AvgIpc) is 2.28. The van der Waals surface area contributed by atoms with Gasteiger partial charge in [0.25, 0.3) is 0 Å². The van der Waals surface area contributed by atoms with Gasteiger partial charge in [-0.2, -0.15) is 0 Å². The molecule has 0 unspecified atom stereocenters. The van der Waals surface area contributed by atoms with Crippen molar-refractivity contribution in [1.29, 1.82) is 0 Å². The summed E-state index contributed by atoms with van der Waals surface area (Å²) < 4.78 is 25.7. The number of benzene rings is 1. The SMILES string of the molecule is CCCS(=O)(=O)Nc1ccc(NC(=O)C2CCC2)cc1. The summed E-state index contributed by atoms with van der Waals surface area (Å²) >= 11 is 0. The molecule has 0 atom stereocenters. The number of hydrogen-bond acceptors (Lipinski definition) is 3. The van der Waals surface area contributed by atoms with Crippen LogP contribution in [0.1, 0.15) is 32.6 Å². The van der Waals surface area contributed by atoms with Gasteiger partial charge in [-0.05, 0) is 43.5 Å². The van der Waals surface area contributed by atoms with Crippen LogP contribution >= 0.6 is 0 Å². The fraction of sp³-hybridized carbons (Fsp3) is 0.500. The number of nitrogens with one attached hydrogen (secondary N) is 2. The van der Waals surface area contributed by atoms with E-state index in [4.69, 9.17) is 0 Å². The maximum Gasteiger partial charge on any atom is 0.232 e. The van der Waals surface area contributed by atoms with Crippen LogP contribution in [0.5, 0.6) is 0 Å². The zero-order valence-electron chi connectivity index (χ0n) is 11.6. The monoisotopic (exact) mass is 296 g/mol. The summed E-state index contributed by atoms with van der Waals surface area (Å²) in [5.41, 5.74) is 1.21. The van der Waals surface area contributed by atoms with Crippen molar-refractivity contribution >= 4 is 27.3 Å². The number of rotatable bonds is 6. The zero-order chi connectivity index (χ0) is 14.6. The van der Waals surface area contributed by atoms with Gasteiger partial charge in [-0.3, -0.25) is 9.52 Å². The molecule has 110 valence electrons. The molecule has 2 rings (SSSR count). The van der Waals surface area contributed by atoms with E-state index in [9.17, 15) is 13.2 Å². The van der Waals surface area contributed by atoms with Crippen LogP contribution in [-0.2, 0) is 14.8 Å². The Balaban J connectivity index is 1.94. The van der Waals surface area contributed by atoms with E-state index < -0.39 is 10.0 Å². The lowest BCUT2D eigenvalue weighted by molar-refractivity contribution is -0.122. The first-order valence-corrected chi connectivity index (χ1v) is 8.57. The third-order valence-electron chi connectivity index (χ3n) is 3.37. The maximum atomic E-state index is 11.8. The first-order chi connectivity index (χ1) is 9.50. The van der Waals surface area contributed by atoms with Crippen molar-refractivity contribution in [3.63, 3.8) is 0 Å². The van der Waals surface area contributed by atoms with E-state index in [1.807, 2.05) is 6.92 Å². The molecule has 0 heterocycles. The Kier molecular flexibility index (Phi) is 4.65. The second-order valence-corrected chi connectivity index (χ2v) is 6.96. The van der Waals surface area contributed by atoms with E-state index in [0.29, 0.717) is 17.8 Å². The van der Waals surface area contributed by atoms with Gasteiger partial charge < -0.3 is 5.32 Å². The Morgan fingerprint density at radius 2 is 1.80 bits per heavy atom. The number of sulfonamides is 1. The number of hydrogen-bond donors (Lipinski definition) is 2. The van der Waals surface area contributed by atoms with Gasteiger partial charge in [-0.15, -0.1) is 0 Å². The van der Waals surface area contributed by atoms with Crippen LogP contribution in [0, 0.1) is 5.92 Å². The van der Waals surface area contributed by atoms with E-state index in [1.165, 1.54) is 0 Å². The third kappa shape index (κ3) is 3.96. The fourth-order valence-corrected chi connectivity index (χ4v) is 3.17. The molecule has 0 saturated heterocycles. The number of carbonyl (C=O) groups excluding carboxylic acids is 1. The minimum absolute atomic E-state index is 0.0514. The Morgan fingerprint density at radius 1 is 1.20 bits per heavy atom. The van der Waals surface area contributed by atoms with Gasteiger partial charge in [-0.1, -0.05) is 13.3 Å². The highest BCUT2D eigenvalue weighted by atomic mass is 32.2.